The molecule has 0 bridgehead atoms. The van der Waals surface area contributed by atoms with Crippen LogP contribution in [0.4, 0.5) is 10.1 Å². The fraction of sp³-hybridized carbons (Fsp3) is 0.562. The van der Waals surface area contributed by atoms with Crippen molar-refractivity contribution in [2.45, 2.75) is 45.1 Å². The number of anilines is 1. The average molecular weight is 276 g/mol. The molecule has 1 aliphatic carbocycles. The van der Waals surface area contributed by atoms with Gasteiger partial charge in [-0.3, -0.25) is 0 Å². The topological polar surface area (TPSA) is 56.0 Å². The predicted molar refractivity (Wildman–Crippen MR) is 76.8 cm³/mol. The molecule has 1 aromatic rings. The minimum Gasteiger partial charge on any atom is -0.388 e. The van der Waals surface area contributed by atoms with Crippen molar-refractivity contribution in [1.29, 1.82) is 5.26 Å². The van der Waals surface area contributed by atoms with Crippen molar-refractivity contribution in [3.8, 4) is 6.07 Å². The number of hydrogen-bond acceptors (Lipinski definition) is 3. The number of rotatable bonds is 3. The summed E-state index contributed by atoms with van der Waals surface area (Å²) in [5.41, 5.74) is 0.396. The largest absolute Gasteiger partial charge is 0.388 e. The molecule has 20 heavy (non-hydrogen) atoms. The molecule has 108 valence electrons. The van der Waals surface area contributed by atoms with E-state index in [1.807, 2.05) is 6.07 Å². The highest BCUT2D eigenvalue weighted by molar-refractivity contribution is 5.57. The summed E-state index contributed by atoms with van der Waals surface area (Å²) in [4.78, 5) is 0. The highest BCUT2D eigenvalue weighted by Gasteiger charge is 2.36. The molecule has 1 aromatic carbocycles. The summed E-state index contributed by atoms with van der Waals surface area (Å²) in [6, 6.07) is 6.03. The van der Waals surface area contributed by atoms with Gasteiger partial charge in [-0.2, -0.15) is 5.26 Å². The van der Waals surface area contributed by atoms with Crippen LogP contribution >= 0.6 is 0 Å². The molecular formula is C16H21FN2O. The minimum atomic E-state index is -0.739. The zero-order chi connectivity index (χ0) is 14.8. The van der Waals surface area contributed by atoms with E-state index in [4.69, 9.17) is 5.26 Å². The molecule has 3 nitrogen and oxygen atoms in total. The van der Waals surface area contributed by atoms with Gasteiger partial charge in [-0.05, 0) is 49.3 Å². The summed E-state index contributed by atoms with van der Waals surface area (Å²) in [6.07, 6.45) is 3.46. The first-order chi connectivity index (χ1) is 9.34. The van der Waals surface area contributed by atoms with Gasteiger partial charge in [0.15, 0.2) is 0 Å². The SMILES string of the molecule is CC1(C)CCC(O)(CNc2ccc(F)cc2C#N)CC1. The van der Waals surface area contributed by atoms with Crippen molar-refractivity contribution in [2.75, 3.05) is 11.9 Å². The van der Waals surface area contributed by atoms with Crippen molar-refractivity contribution in [3.05, 3.63) is 29.6 Å². The van der Waals surface area contributed by atoms with Gasteiger partial charge in [0.2, 0.25) is 0 Å². The molecule has 4 heteroatoms. The second-order valence-corrected chi connectivity index (χ2v) is 6.54. The van der Waals surface area contributed by atoms with Crippen LogP contribution in [-0.2, 0) is 0 Å². The lowest BCUT2D eigenvalue weighted by molar-refractivity contribution is -0.0145. The molecule has 1 fully saturated rings. The first kappa shape index (κ1) is 14.8. The van der Waals surface area contributed by atoms with Crippen molar-refractivity contribution in [2.24, 2.45) is 5.41 Å². The first-order valence-corrected chi connectivity index (χ1v) is 7.00. The van der Waals surface area contributed by atoms with Crippen molar-refractivity contribution >= 4 is 5.69 Å². The minimum absolute atomic E-state index is 0.268. The molecule has 0 aromatic heterocycles. The Kier molecular flexibility index (Phi) is 4.01. The summed E-state index contributed by atoms with van der Waals surface area (Å²) in [5, 5.41) is 22.6. The van der Waals surface area contributed by atoms with Gasteiger partial charge in [-0.1, -0.05) is 13.8 Å². The highest BCUT2D eigenvalue weighted by atomic mass is 19.1. The Hall–Kier alpha value is -1.60. The molecule has 0 amide bonds. The summed E-state index contributed by atoms with van der Waals surface area (Å²) in [7, 11) is 0. The molecule has 2 rings (SSSR count). The Balaban J connectivity index is 2.01. The maximum absolute atomic E-state index is 13.1. The molecule has 0 heterocycles. The Morgan fingerprint density at radius 1 is 1.30 bits per heavy atom. The van der Waals surface area contributed by atoms with E-state index in [2.05, 4.69) is 19.2 Å². The van der Waals surface area contributed by atoms with Gasteiger partial charge in [-0.25, -0.2) is 4.39 Å². The van der Waals surface area contributed by atoms with Gasteiger partial charge >= 0.3 is 0 Å². The van der Waals surface area contributed by atoms with Crippen molar-refractivity contribution < 1.29 is 9.50 Å². The maximum Gasteiger partial charge on any atom is 0.124 e. The van der Waals surface area contributed by atoms with Crippen LogP contribution < -0.4 is 5.32 Å². The van der Waals surface area contributed by atoms with E-state index >= 15 is 0 Å². The monoisotopic (exact) mass is 276 g/mol. The highest BCUT2D eigenvalue weighted by Crippen LogP contribution is 2.40. The fourth-order valence-electron chi connectivity index (χ4n) is 2.59. The number of nitrogens with one attached hydrogen (secondary N) is 1. The molecule has 0 spiro atoms. The van der Waals surface area contributed by atoms with E-state index < -0.39 is 11.4 Å². The van der Waals surface area contributed by atoms with Crippen LogP contribution in [0.2, 0.25) is 0 Å². The summed E-state index contributed by atoms with van der Waals surface area (Å²) in [5.74, 6) is -0.426. The third-order valence-corrected chi connectivity index (χ3v) is 4.24. The van der Waals surface area contributed by atoms with Gasteiger partial charge in [0.25, 0.3) is 0 Å². The van der Waals surface area contributed by atoms with Crippen LogP contribution in [0.15, 0.2) is 18.2 Å². The van der Waals surface area contributed by atoms with Gasteiger partial charge in [0.05, 0.1) is 16.9 Å². The van der Waals surface area contributed by atoms with Gasteiger partial charge < -0.3 is 10.4 Å². The van der Waals surface area contributed by atoms with Crippen LogP contribution in [0.5, 0.6) is 0 Å². The zero-order valence-electron chi connectivity index (χ0n) is 12.0. The fourth-order valence-corrected chi connectivity index (χ4v) is 2.59. The second kappa shape index (κ2) is 5.41. The third kappa shape index (κ3) is 3.49. The van der Waals surface area contributed by atoms with Crippen LogP contribution in [0.25, 0.3) is 0 Å². The normalized spacial score (nSPS) is 20.1. The smallest absolute Gasteiger partial charge is 0.124 e. The van der Waals surface area contributed by atoms with Crippen LogP contribution in [0.3, 0.4) is 0 Å². The molecule has 0 saturated heterocycles. The standard InChI is InChI=1S/C16H21FN2O/c1-15(2)5-7-16(20,8-6-15)11-19-14-4-3-13(17)9-12(14)10-18/h3-4,9,19-20H,5-8,11H2,1-2H3. The molecular weight excluding hydrogens is 255 g/mol. The van der Waals surface area contributed by atoms with Crippen molar-refractivity contribution in [3.63, 3.8) is 0 Å². The summed E-state index contributed by atoms with van der Waals surface area (Å²) in [6.45, 7) is 4.82. The van der Waals surface area contributed by atoms with E-state index in [0.717, 1.165) is 25.7 Å². The van der Waals surface area contributed by atoms with Crippen LogP contribution in [0, 0.1) is 22.6 Å². The molecule has 0 atom stereocenters. The lowest BCUT2D eigenvalue weighted by atomic mass is 9.71. The Morgan fingerprint density at radius 2 is 1.95 bits per heavy atom. The van der Waals surface area contributed by atoms with E-state index in [9.17, 15) is 9.50 Å². The summed E-state index contributed by atoms with van der Waals surface area (Å²) >= 11 is 0. The van der Waals surface area contributed by atoms with Gasteiger partial charge in [-0.15, -0.1) is 0 Å². The number of halogens is 1. The number of hydrogen-bond donors (Lipinski definition) is 2. The van der Waals surface area contributed by atoms with Gasteiger partial charge in [0, 0.05) is 6.54 Å². The quantitative estimate of drug-likeness (QED) is 0.889. The lowest BCUT2D eigenvalue weighted by Gasteiger charge is -2.40. The zero-order valence-corrected chi connectivity index (χ0v) is 12.0. The van der Waals surface area contributed by atoms with Crippen molar-refractivity contribution in [1.82, 2.24) is 0 Å². The van der Waals surface area contributed by atoms with E-state index in [-0.39, 0.29) is 5.56 Å². The molecule has 0 aliphatic heterocycles. The molecule has 0 unspecified atom stereocenters. The van der Waals surface area contributed by atoms with Crippen LogP contribution in [0.1, 0.15) is 45.1 Å². The Bertz CT molecular complexity index is 524. The number of benzene rings is 1. The molecule has 1 saturated carbocycles. The Morgan fingerprint density at radius 3 is 2.55 bits per heavy atom. The number of nitriles is 1. The average Bonchev–Trinajstić information content (AvgIpc) is 2.41. The van der Waals surface area contributed by atoms with E-state index in [1.165, 1.54) is 12.1 Å². The van der Waals surface area contributed by atoms with Crippen LogP contribution in [-0.4, -0.2) is 17.3 Å². The summed E-state index contributed by atoms with van der Waals surface area (Å²) < 4.78 is 13.1. The first-order valence-electron chi connectivity index (χ1n) is 7.00. The molecule has 2 N–H and O–H groups in total. The maximum atomic E-state index is 13.1. The van der Waals surface area contributed by atoms with E-state index in [0.29, 0.717) is 17.6 Å². The van der Waals surface area contributed by atoms with E-state index in [1.54, 1.807) is 6.07 Å². The van der Waals surface area contributed by atoms with Gasteiger partial charge in [0.1, 0.15) is 11.9 Å². The third-order valence-electron chi connectivity index (χ3n) is 4.24. The molecule has 0 radical (unpaired) electrons. The lowest BCUT2D eigenvalue weighted by Crippen LogP contribution is -2.42. The Labute approximate surface area is 119 Å². The predicted octanol–water partition coefficient (Wildman–Crippen LogP) is 3.44. The second-order valence-electron chi connectivity index (χ2n) is 6.54. The number of nitrogens with zero attached hydrogens (tertiary/aromatic N) is 1. The number of aliphatic hydroxyl groups is 1. The molecule has 1 aliphatic rings.